The number of thiophene rings is 1. The van der Waals surface area contributed by atoms with Crippen LogP contribution in [0.5, 0.6) is 5.88 Å². The number of aromatic nitrogens is 1. The summed E-state index contributed by atoms with van der Waals surface area (Å²) in [6, 6.07) is 3.89. The van der Waals surface area contributed by atoms with Gasteiger partial charge in [0.05, 0.1) is 5.39 Å². The van der Waals surface area contributed by atoms with E-state index in [-0.39, 0.29) is 13.2 Å². The van der Waals surface area contributed by atoms with Gasteiger partial charge in [0.25, 0.3) is 0 Å². The monoisotopic (exact) mass is 224 g/mol. The van der Waals surface area contributed by atoms with Crippen LogP contribution in [0.4, 0.5) is 0 Å². The van der Waals surface area contributed by atoms with Gasteiger partial charge in [-0.05, 0) is 17.5 Å². The first-order valence-corrected chi connectivity index (χ1v) is 5.52. The SMILES string of the molecule is NCC(O)COc1nccc2sccc12. The zero-order valence-corrected chi connectivity index (χ0v) is 8.91. The molecule has 0 saturated carbocycles. The summed E-state index contributed by atoms with van der Waals surface area (Å²) in [7, 11) is 0. The molecular formula is C10H12N2O2S. The van der Waals surface area contributed by atoms with Crippen LogP contribution in [0.15, 0.2) is 23.7 Å². The molecule has 0 aliphatic rings. The highest BCUT2D eigenvalue weighted by molar-refractivity contribution is 7.17. The van der Waals surface area contributed by atoms with Crippen molar-refractivity contribution in [2.24, 2.45) is 5.73 Å². The predicted octanol–water partition coefficient (Wildman–Crippen LogP) is 0.995. The molecule has 1 atom stereocenters. The van der Waals surface area contributed by atoms with Crippen molar-refractivity contribution in [3.05, 3.63) is 23.7 Å². The van der Waals surface area contributed by atoms with E-state index < -0.39 is 6.10 Å². The highest BCUT2D eigenvalue weighted by Crippen LogP contribution is 2.27. The summed E-state index contributed by atoms with van der Waals surface area (Å²) in [6.45, 7) is 0.373. The molecule has 80 valence electrons. The minimum absolute atomic E-state index is 0.179. The number of ether oxygens (including phenoxy) is 1. The molecule has 0 saturated heterocycles. The molecule has 0 aliphatic heterocycles. The number of rotatable bonds is 4. The lowest BCUT2D eigenvalue weighted by molar-refractivity contribution is 0.112. The summed E-state index contributed by atoms with van der Waals surface area (Å²) in [6.07, 6.45) is 1.06. The van der Waals surface area contributed by atoms with Crippen LogP contribution in [0.1, 0.15) is 0 Å². The Bertz CT molecular complexity index is 444. The van der Waals surface area contributed by atoms with E-state index in [1.165, 1.54) is 0 Å². The Morgan fingerprint density at radius 1 is 1.53 bits per heavy atom. The second-order valence-corrected chi connectivity index (χ2v) is 4.10. The van der Waals surface area contributed by atoms with Crippen molar-refractivity contribution < 1.29 is 9.84 Å². The Morgan fingerprint density at radius 2 is 2.40 bits per heavy atom. The molecule has 0 aliphatic carbocycles. The van der Waals surface area contributed by atoms with Crippen LogP contribution < -0.4 is 10.5 Å². The number of hydrogen-bond donors (Lipinski definition) is 2. The minimum Gasteiger partial charge on any atom is -0.474 e. The van der Waals surface area contributed by atoms with Crippen LogP contribution in [0.2, 0.25) is 0 Å². The van der Waals surface area contributed by atoms with Crippen molar-refractivity contribution in [2.45, 2.75) is 6.10 Å². The first-order chi connectivity index (χ1) is 7.31. The lowest BCUT2D eigenvalue weighted by atomic mass is 10.3. The molecule has 0 aromatic carbocycles. The second kappa shape index (κ2) is 4.57. The summed E-state index contributed by atoms with van der Waals surface area (Å²) in [5.74, 6) is 0.557. The fourth-order valence-corrected chi connectivity index (χ4v) is 2.00. The Kier molecular flexibility index (Phi) is 3.15. The predicted molar refractivity (Wildman–Crippen MR) is 60.2 cm³/mol. The third-order valence-corrected chi connectivity index (χ3v) is 2.91. The number of fused-ring (bicyclic) bond motifs is 1. The van der Waals surface area contributed by atoms with Gasteiger partial charge in [-0.1, -0.05) is 0 Å². The third kappa shape index (κ3) is 2.26. The smallest absolute Gasteiger partial charge is 0.222 e. The van der Waals surface area contributed by atoms with Crippen molar-refractivity contribution >= 4 is 21.4 Å². The number of pyridine rings is 1. The molecule has 3 N–H and O–H groups in total. The van der Waals surface area contributed by atoms with Gasteiger partial charge in [-0.2, -0.15) is 0 Å². The average molecular weight is 224 g/mol. The van der Waals surface area contributed by atoms with E-state index in [1.54, 1.807) is 17.5 Å². The Balaban J connectivity index is 2.17. The molecule has 0 spiro atoms. The molecule has 4 nitrogen and oxygen atoms in total. The van der Waals surface area contributed by atoms with Gasteiger partial charge in [-0.3, -0.25) is 0 Å². The molecule has 5 heteroatoms. The molecule has 2 aromatic rings. The van der Waals surface area contributed by atoms with Gasteiger partial charge >= 0.3 is 0 Å². The van der Waals surface area contributed by atoms with Gasteiger partial charge in [0, 0.05) is 17.4 Å². The molecular weight excluding hydrogens is 212 g/mol. The van der Waals surface area contributed by atoms with E-state index >= 15 is 0 Å². The first kappa shape index (κ1) is 10.4. The Labute approximate surface area is 91.3 Å². The van der Waals surface area contributed by atoms with Gasteiger partial charge in [-0.25, -0.2) is 4.98 Å². The van der Waals surface area contributed by atoms with E-state index in [0.717, 1.165) is 10.1 Å². The maximum atomic E-state index is 9.27. The zero-order chi connectivity index (χ0) is 10.7. The number of hydrogen-bond acceptors (Lipinski definition) is 5. The topological polar surface area (TPSA) is 68.4 Å². The highest BCUT2D eigenvalue weighted by Gasteiger charge is 2.07. The molecule has 2 rings (SSSR count). The molecule has 0 fully saturated rings. The van der Waals surface area contributed by atoms with E-state index in [9.17, 15) is 5.11 Å². The van der Waals surface area contributed by atoms with E-state index in [1.807, 2.05) is 17.5 Å². The van der Waals surface area contributed by atoms with Crippen LogP contribution in [0.3, 0.4) is 0 Å². The summed E-state index contributed by atoms with van der Waals surface area (Å²) >= 11 is 1.63. The normalized spacial score (nSPS) is 12.9. The lowest BCUT2D eigenvalue weighted by Gasteiger charge is -2.09. The molecule has 15 heavy (non-hydrogen) atoms. The average Bonchev–Trinajstić information content (AvgIpc) is 2.74. The van der Waals surface area contributed by atoms with E-state index in [2.05, 4.69) is 4.98 Å². The van der Waals surface area contributed by atoms with Gasteiger partial charge in [-0.15, -0.1) is 11.3 Å². The summed E-state index contributed by atoms with van der Waals surface area (Å²) < 4.78 is 6.52. The molecule has 0 amide bonds. The van der Waals surface area contributed by atoms with Crippen molar-refractivity contribution in [1.29, 1.82) is 0 Å². The third-order valence-electron chi connectivity index (χ3n) is 2.03. The number of nitrogens with two attached hydrogens (primary N) is 1. The molecule has 0 radical (unpaired) electrons. The summed E-state index contributed by atoms with van der Waals surface area (Å²) in [4.78, 5) is 4.12. The van der Waals surface area contributed by atoms with Crippen molar-refractivity contribution in [3.8, 4) is 5.88 Å². The van der Waals surface area contributed by atoms with Crippen molar-refractivity contribution in [1.82, 2.24) is 4.98 Å². The summed E-state index contributed by atoms with van der Waals surface area (Å²) in [5, 5.41) is 12.2. The maximum Gasteiger partial charge on any atom is 0.222 e. The van der Waals surface area contributed by atoms with Crippen molar-refractivity contribution in [2.75, 3.05) is 13.2 Å². The number of aliphatic hydroxyl groups excluding tert-OH is 1. The van der Waals surface area contributed by atoms with Crippen LogP contribution in [-0.2, 0) is 0 Å². The summed E-state index contributed by atoms with van der Waals surface area (Å²) in [5.41, 5.74) is 5.28. The standard InChI is InChI=1S/C10H12N2O2S/c11-5-7(13)6-14-10-8-2-4-15-9(8)1-3-12-10/h1-4,7,13H,5-6,11H2. The Hall–Kier alpha value is -1.17. The zero-order valence-electron chi connectivity index (χ0n) is 8.09. The number of aliphatic hydroxyl groups is 1. The van der Waals surface area contributed by atoms with Crippen LogP contribution >= 0.6 is 11.3 Å². The fourth-order valence-electron chi connectivity index (χ4n) is 1.23. The van der Waals surface area contributed by atoms with Crippen LogP contribution in [0, 0.1) is 0 Å². The minimum atomic E-state index is -0.638. The molecule has 2 heterocycles. The first-order valence-electron chi connectivity index (χ1n) is 4.64. The van der Waals surface area contributed by atoms with Crippen LogP contribution in [0.25, 0.3) is 10.1 Å². The molecule has 0 bridgehead atoms. The van der Waals surface area contributed by atoms with E-state index in [4.69, 9.17) is 10.5 Å². The Morgan fingerprint density at radius 3 is 3.20 bits per heavy atom. The van der Waals surface area contributed by atoms with Gasteiger partial charge < -0.3 is 15.6 Å². The fraction of sp³-hybridized carbons (Fsp3) is 0.300. The second-order valence-electron chi connectivity index (χ2n) is 3.15. The van der Waals surface area contributed by atoms with E-state index in [0.29, 0.717) is 5.88 Å². The van der Waals surface area contributed by atoms with Gasteiger partial charge in [0.2, 0.25) is 5.88 Å². The highest BCUT2D eigenvalue weighted by atomic mass is 32.1. The quantitative estimate of drug-likeness (QED) is 0.812. The van der Waals surface area contributed by atoms with Crippen molar-refractivity contribution in [3.63, 3.8) is 0 Å². The molecule has 2 aromatic heterocycles. The largest absolute Gasteiger partial charge is 0.474 e. The van der Waals surface area contributed by atoms with Gasteiger partial charge in [0.1, 0.15) is 12.7 Å². The number of nitrogens with zero attached hydrogens (tertiary/aromatic N) is 1. The van der Waals surface area contributed by atoms with Crippen LogP contribution in [-0.4, -0.2) is 29.3 Å². The maximum absolute atomic E-state index is 9.27. The lowest BCUT2D eigenvalue weighted by Crippen LogP contribution is -2.26. The van der Waals surface area contributed by atoms with Gasteiger partial charge in [0.15, 0.2) is 0 Å². The molecule has 1 unspecified atom stereocenters.